The van der Waals surface area contributed by atoms with Crippen molar-refractivity contribution in [2.75, 3.05) is 6.54 Å². The number of hydrogen-bond donors (Lipinski definition) is 3. The van der Waals surface area contributed by atoms with Crippen molar-refractivity contribution in [1.29, 1.82) is 0 Å². The van der Waals surface area contributed by atoms with E-state index in [4.69, 9.17) is 9.57 Å². The van der Waals surface area contributed by atoms with Crippen molar-refractivity contribution in [1.82, 2.24) is 15.7 Å². The molecule has 3 aliphatic rings. The van der Waals surface area contributed by atoms with Gasteiger partial charge in [-0.2, -0.15) is 0 Å². The maximum Gasteiger partial charge on any atom is 0.408 e. The number of rotatable bonds is 10. The zero-order chi connectivity index (χ0) is 31.6. The number of carbonyl (C=O) groups excluding carboxylic acids is 3. The number of benzene rings is 2. The zero-order valence-corrected chi connectivity index (χ0v) is 25.8. The van der Waals surface area contributed by atoms with Gasteiger partial charge in [0.15, 0.2) is 11.5 Å². The van der Waals surface area contributed by atoms with Crippen LogP contribution in [0.5, 0.6) is 5.75 Å². The van der Waals surface area contributed by atoms with Crippen molar-refractivity contribution in [3.63, 3.8) is 0 Å². The summed E-state index contributed by atoms with van der Waals surface area (Å²) in [5.74, 6) is -1.47. The molecule has 10 heteroatoms. The quantitative estimate of drug-likeness (QED) is 0.242. The Balaban J connectivity index is 1.38. The lowest BCUT2D eigenvalue weighted by Gasteiger charge is -2.31. The Bertz CT molecular complexity index is 1440. The molecule has 44 heavy (non-hydrogen) atoms. The standard InChI is InChI=1S/C34H43N3O7/c1-5-22-20-34(22,31(40)41)36-30(39)26-16-11-19-37(26)44-27-18-17-25(23-14-9-10-15-24(23)27)29(38)28(21-12-7-6-8-13-21)35-32(42)43-33(2,3)4/h5,9-10,14-15,17-18,21-22,26,28H,1,6-8,11-13,16,19-20H2,2-4H3,(H,35,42)(H,36,39)(H,40,41). The molecule has 1 heterocycles. The number of hydroxylamine groups is 2. The lowest BCUT2D eigenvalue weighted by Crippen LogP contribution is -2.52. The van der Waals surface area contributed by atoms with E-state index in [1.54, 1.807) is 44.0 Å². The summed E-state index contributed by atoms with van der Waals surface area (Å²) in [6, 6.07) is 9.48. The highest BCUT2D eigenvalue weighted by molar-refractivity contribution is 6.12. The maximum atomic E-state index is 14.2. The number of amides is 2. The second-order valence-corrected chi connectivity index (χ2v) is 13.2. The Morgan fingerprint density at radius 3 is 2.36 bits per heavy atom. The number of aliphatic carboxylic acids is 1. The fourth-order valence-electron chi connectivity index (χ4n) is 6.59. The van der Waals surface area contributed by atoms with Crippen LogP contribution >= 0.6 is 0 Å². The molecule has 3 fully saturated rings. The van der Waals surface area contributed by atoms with Crippen LogP contribution in [0.1, 0.15) is 82.5 Å². The van der Waals surface area contributed by atoms with Crippen LogP contribution in [-0.4, -0.2) is 63.7 Å². The van der Waals surface area contributed by atoms with E-state index in [0.29, 0.717) is 47.9 Å². The summed E-state index contributed by atoms with van der Waals surface area (Å²) < 4.78 is 5.52. The SMILES string of the molecule is C=CC1CC1(NC(=O)C1CCCN1Oc1ccc(C(=O)C(NC(=O)OC(C)(C)C)C2CCCCC2)c2ccccc12)C(=O)O. The van der Waals surface area contributed by atoms with Crippen molar-refractivity contribution in [3.8, 4) is 5.75 Å². The number of ketones is 1. The first-order valence-electron chi connectivity index (χ1n) is 15.6. The summed E-state index contributed by atoms with van der Waals surface area (Å²) in [4.78, 5) is 58.5. The van der Waals surface area contributed by atoms with E-state index in [2.05, 4.69) is 17.2 Å². The minimum Gasteiger partial charge on any atom is -0.479 e. The number of Topliss-reactive ketones (excluding diaryl/α,β-unsaturated/α-hetero) is 1. The van der Waals surface area contributed by atoms with E-state index in [0.717, 1.165) is 32.1 Å². The van der Waals surface area contributed by atoms with Crippen LogP contribution in [0.3, 0.4) is 0 Å². The van der Waals surface area contributed by atoms with E-state index in [1.807, 2.05) is 24.3 Å². The first kappa shape index (κ1) is 31.5. The van der Waals surface area contributed by atoms with Gasteiger partial charge < -0.3 is 25.3 Å². The van der Waals surface area contributed by atoms with Crippen LogP contribution in [0, 0.1) is 11.8 Å². The van der Waals surface area contributed by atoms with E-state index in [1.165, 1.54) is 0 Å². The number of nitrogens with zero attached hydrogens (tertiary/aromatic N) is 1. The Morgan fingerprint density at radius 1 is 1.02 bits per heavy atom. The molecule has 2 aromatic rings. The molecule has 2 amide bonds. The van der Waals surface area contributed by atoms with Crippen molar-refractivity contribution in [2.45, 2.75) is 95.4 Å². The molecule has 2 saturated carbocycles. The normalized spacial score (nSPS) is 24.7. The maximum absolute atomic E-state index is 14.2. The molecule has 3 N–H and O–H groups in total. The van der Waals surface area contributed by atoms with Gasteiger partial charge in [-0.1, -0.05) is 49.6 Å². The molecular formula is C34H43N3O7. The molecular weight excluding hydrogens is 562 g/mol. The minimum atomic E-state index is -1.32. The molecule has 5 rings (SSSR count). The second-order valence-electron chi connectivity index (χ2n) is 13.2. The van der Waals surface area contributed by atoms with Gasteiger partial charge in [0.05, 0.1) is 6.04 Å². The number of alkyl carbamates (subject to hydrolysis) is 1. The average molecular weight is 606 g/mol. The zero-order valence-electron chi connectivity index (χ0n) is 25.8. The summed E-state index contributed by atoms with van der Waals surface area (Å²) in [6.45, 7) is 9.55. The summed E-state index contributed by atoms with van der Waals surface area (Å²) in [7, 11) is 0. The topological polar surface area (TPSA) is 134 Å². The largest absolute Gasteiger partial charge is 0.479 e. The van der Waals surface area contributed by atoms with Crippen LogP contribution in [0.2, 0.25) is 0 Å². The monoisotopic (exact) mass is 605 g/mol. The Morgan fingerprint density at radius 2 is 1.73 bits per heavy atom. The van der Waals surface area contributed by atoms with E-state index >= 15 is 0 Å². The Hall–Kier alpha value is -3.92. The molecule has 4 atom stereocenters. The van der Waals surface area contributed by atoms with Gasteiger partial charge in [-0.05, 0) is 76.3 Å². The average Bonchev–Trinajstić information content (AvgIpc) is 3.51. The van der Waals surface area contributed by atoms with Gasteiger partial charge in [0.2, 0.25) is 5.91 Å². The third kappa shape index (κ3) is 6.60. The number of fused-ring (bicyclic) bond motifs is 1. The molecule has 0 spiro atoms. The van der Waals surface area contributed by atoms with Gasteiger partial charge in [-0.15, -0.1) is 11.6 Å². The molecule has 236 valence electrons. The van der Waals surface area contributed by atoms with E-state index in [9.17, 15) is 24.3 Å². The Labute approximate surface area is 258 Å². The van der Waals surface area contributed by atoms with Gasteiger partial charge >= 0.3 is 12.1 Å². The van der Waals surface area contributed by atoms with Crippen LogP contribution in [0.25, 0.3) is 10.8 Å². The van der Waals surface area contributed by atoms with E-state index < -0.39 is 41.2 Å². The molecule has 4 unspecified atom stereocenters. The van der Waals surface area contributed by atoms with Gasteiger partial charge in [-0.3, -0.25) is 9.59 Å². The number of carboxylic acid groups (broad SMARTS) is 1. The second kappa shape index (κ2) is 12.6. The number of hydrogen-bond acceptors (Lipinski definition) is 7. The van der Waals surface area contributed by atoms with Crippen molar-refractivity contribution in [2.24, 2.45) is 11.8 Å². The van der Waals surface area contributed by atoms with Crippen LogP contribution < -0.4 is 15.5 Å². The van der Waals surface area contributed by atoms with Crippen LogP contribution in [-0.2, 0) is 14.3 Å². The summed E-state index contributed by atoms with van der Waals surface area (Å²) in [6.07, 6.45) is 7.31. The molecule has 1 saturated heterocycles. The molecule has 2 aliphatic carbocycles. The molecule has 0 aromatic heterocycles. The number of carbonyl (C=O) groups is 4. The molecule has 0 radical (unpaired) electrons. The number of carboxylic acids is 1. The highest BCUT2D eigenvalue weighted by atomic mass is 16.7. The van der Waals surface area contributed by atoms with E-state index in [-0.39, 0.29) is 17.6 Å². The predicted molar refractivity (Wildman–Crippen MR) is 165 cm³/mol. The minimum absolute atomic E-state index is 0.00331. The number of nitrogens with one attached hydrogen (secondary N) is 2. The summed E-state index contributed by atoms with van der Waals surface area (Å²) >= 11 is 0. The highest BCUT2D eigenvalue weighted by Crippen LogP contribution is 2.45. The third-order valence-corrected chi connectivity index (χ3v) is 8.97. The predicted octanol–water partition coefficient (Wildman–Crippen LogP) is 5.40. The molecule has 10 nitrogen and oxygen atoms in total. The fraction of sp³-hybridized carbons (Fsp3) is 0.529. The van der Waals surface area contributed by atoms with Gasteiger partial charge in [0.25, 0.3) is 0 Å². The fourth-order valence-corrected chi connectivity index (χ4v) is 6.59. The third-order valence-electron chi connectivity index (χ3n) is 8.97. The number of ether oxygens (including phenoxy) is 1. The Kier molecular flexibility index (Phi) is 9.02. The lowest BCUT2D eigenvalue weighted by molar-refractivity contribution is -0.148. The first-order valence-corrected chi connectivity index (χ1v) is 15.6. The lowest BCUT2D eigenvalue weighted by atomic mass is 9.80. The molecule has 0 bridgehead atoms. The summed E-state index contributed by atoms with van der Waals surface area (Å²) in [5.41, 5.74) is -1.53. The summed E-state index contributed by atoms with van der Waals surface area (Å²) in [5, 5.41) is 18.3. The highest BCUT2D eigenvalue weighted by Gasteiger charge is 2.61. The van der Waals surface area contributed by atoms with Crippen LogP contribution in [0.15, 0.2) is 49.1 Å². The molecule has 2 aromatic carbocycles. The van der Waals surface area contributed by atoms with Gasteiger partial charge in [0, 0.05) is 23.4 Å². The van der Waals surface area contributed by atoms with Crippen LogP contribution in [0.4, 0.5) is 4.79 Å². The smallest absolute Gasteiger partial charge is 0.408 e. The van der Waals surface area contributed by atoms with Gasteiger partial charge in [0.1, 0.15) is 17.2 Å². The van der Waals surface area contributed by atoms with Gasteiger partial charge in [-0.25, -0.2) is 9.59 Å². The van der Waals surface area contributed by atoms with Crippen molar-refractivity contribution in [3.05, 3.63) is 54.6 Å². The van der Waals surface area contributed by atoms with Crippen molar-refractivity contribution < 1.29 is 33.9 Å². The first-order chi connectivity index (χ1) is 20.9. The van der Waals surface area contributed by atoms with Crippen molar-refractivity contribution >= 4 is 34.5 Å². The molecule has 1 aliphatic heterocycles.